The molecule has 0 aliphatic carbocycles. The van der Waals surface area contributed by atoms with Crippen molar-refractivity contribution < 1.29 is 0 Å². The minimum Gasteiger partial charge on any atom is -0.345 e. The Labute approximate surface area is 86.3 Å². The predicted octanol–water partition coefficient (Wildman–Crippen LogP) is 0.142. The molecule has 1 fully saturated rings. The number of nitrogens with two attached hydrogens (primary N) is 1. The molecule has 2 N–H and O–H groups in total. The van der Waals surface area contributed by atoms with Crippen molar-refractivity contribution in [2.45, 2.75) is 18.9 Å². The molecule has 0 bridgehead atoms. The lowest BCUT2D eigenvalue weighted by Crippen LogP contribution is -2.26. The number of hydrogen-bond donors (Lipinski definition) is 1. The molecule has 1 aromatic heterocycles. The van der Waals surface area contributed by atoms with E-state index in [1.54, 1.807) is 0 Å². The van der Waals surface area contributed by atoms with Crippen molar-refractivity contribution in [3.05, 3.63) is 5.82 Å². The van der Waals surface area contributed by atoms with Crippen LogP contribution in [0, 0.1) is 11.3 Å². The molecule has 74 valence electrons. The predicted molar refractivity (Wildman–Crippen MR) is 54.0 cm³/mol. The smallest absolute Gasteiger partial charge is 0.205 e. The van der Waals surface area contributed by atoms with Crippen LogP contribution in [0.25, 0.3) is 0 Å². The quantitative estimate of drug-likeness (QED) is 0.749. The first kappa shape index (κ1) is 9.37. The van der Waals surface area contributed by atoms with Crippen LogP contribution >= 0.6 is 11.5 Å². The Balaban J connectivity index is 2.06. The van der Waals surface area contributed by atoms with Crippen LogP contribution < -0.4 is 10.6 Å². The number of hydrogen-bond acceptors (Lipinski definition) is 6. The van der Waals surface area contributed by atoms with Gasteiger partial charge in [-0.25, -0.2) is 4.98 Å². The summed E-state index contributed by atoms with van der Waals surface area (Å²) in [6.45, 7) is 1.80. The van der Waals surface area contributed by atoms with Crippen molar-refractivity contribution in [3.63, 3.8) is 0 Å². The van der Waals surface area contributed by atoms with E-state index in [1.165, 1.54) is 11.5 Å². The van der Waals surface area contributed by atoms with Crippen molar-refractivity contribution in [1.82, 2.24) is 9.36 Å². The van der Waals surface area contributed by atoms with Crippen LogP contribution in [0.3, 0.4) is 0 Å². The average Bonchev–Trinajstić information content (AvgIpc) is 2.74. The minimum atomic E-state index is 0.248. The van der Waals surface area contributed by atoms with E-state index in [-0.39, 0.29) is 12.5 Å². The van der Waals surface area contributed by atoms with Crippen LogP contribution in [-0.4, -0.2) is 28.5 Å². The fourth-order valence-corrected chi connectivity index (χ4v) is 2.20. The average molecular weight is 209 g/mol. The lowest BCUT2D eigenvalue weighted by molar-refractivity contribution is 0.752. The molecule has 2 rings (SSSR count). The maximum atomic E-state index is 8.48. The number of aromatic nitrogens is 2. The van der Waals surface area contributed by atoms with Crippen LogP contribution in [0.4, 0.5) is 5.13 Å². The first-order valence-corrected chi connectivity index (χ1v) is 5.27. The maximum absolute atomic E-state index is 8.48. The zero-order valence-corrected chi connectivity index (χ0v) is 8.50. The summed E-state index contributed by atoms with van der Waals surface area (Å²) in [5.41, 5.74) is 5.79. The Morgan fingerprint density at radius 3 is 3.21 bits per heavy atom. The third kappa shape index (κ3) is 1.84. The van der Waals surface area contributed by atoms with Gasteiger partial charge in [-0.1, -0.05) is 0 Å². The third-order valence-corrected chi connectivity index (χ3v) is 3.00. The van der Waals surface area contributed by atoms with Gasteiger partial charge < -0.3 is 10.6 Å². The monoisotopic (exact) mass is 209 g/mol. The topological polar surface area (TPSA) is 78.8 Å². The van der Waals surface area contributed by atoms with Gasteiger partial charge in [-0.2, -0.15) is 9.64 Å². The molecule has 0 amide bonds. The van der Waals surface area contributed by atoms with E-state index >= 15 is 0 Å². The maximum Gasteiger partial charge on any atom is 0.205 e. The molecular formula is C8H11N5S. The molecule has 0 saturated carbocycles. The Hall–Kier alpha value is -1.19. The number of nitrogens with zero attached hydrogens (tertiary/aromatic N) is 4. The zero-order chi connectivity index (χ0) is 9.97. The molecule has 1 atom stereocenters. The first-order valence-electron chi connectivity index (χ1n) is 4.49. The highest BCUT2D eigenvalue weighted by atomic mass is 32.1. The normalized spacial score (nSPS) is 21.1. The Morgan fingerprint density at radius 2 is 2.57 bits per heavy atom. The third-order valence-electron chi connectivity index (χ3n) is 2.19. The van der Waals surface area contributed by atoms with Gasteiger partial charge in [0, 0.05) is 30.7 Å². The van der Waals surface area contributed by atoms with Gasteiger partial charge in [0.1, 0.15) is 0 Å². The summed E-state index contributed by atoms with van der Waals surface area (Å²) in [5, 5.41) is 9.37. The fraction of sp³-hybridized carbons (Fsp3) is 0.625. The summed E-state index contributed by atoms with van der Waals surface area (Å²) < 4.78 is 4.10. The number of rotatable bonds is 2. The Bertz CT molecular complexity index is 355. The summed E-state index contributed by atoms with van der Waals surface area (Å²) in [6, 6.07) is 2.28. The summed E-state index contributed by atoms with van der Waals surface area (Å²) in [4.78, 5) is 6.40. The van der Waals surface area contributed by atoms with E-state index in [0.29, 0.717) is 5.82 Å². The molecule has 1 unspecified atom stereocenters. The summed E-state index contributed by atoms with van der Waals surface area (Å²) >= 11 is 1.35. The van der Waals surface area contributed by atoms with Gasteiger partial charge in [0.2, 0.25) is 5.13 Å². The lowest BCUT2D eigenvalue weighted by Gasteiger charge is -2.12. The van der Waals surface area contributed by atoms with Crippen LogP contribution in [0.15, 0.2) is 0 Å². The van der Waals surface area contributed by atoms with Crippen LogP contribution in [0.1, 0.15) is 12.2 Å². The van der Waals surface area contributed by atoms with Crippen LogP contribution in [0.5, 0.6) is 0 Å². The Morgan fingerprint density at radius 1 is 1.71 bits per heavy atom. The molecule has 1 saturated heterocycles. The van der Waals surface area contributed by atoms with Gasteiger partial charge in [0.05, 0.1) is 12.5 Å². The standard InChI is InChI=1S/C8H11N5S/c9-3-1-7-11-8(14-12-7)13-4-2-6(10)5-13/h6H,1-2,4-5,10H2. The van der Waals surface area contributed by atoms with Crippen LogP contribution in [-0.2, 0) is 6.42 Å². The molecule has 1 aromatic rings. The lowest BCUT2D eigenvalue weighted by atomic mass is 10.3. The molecule has 6 heteroatoms. The van der Waals surface area contributed by atoms with E-state index < -0.39 is 0 Å². The highest BCUT2D eigenvalue weighted by Gasteiger charge is 2.21. The second-order valence-corrected chi connectivity index (χ2v) is 4.05. The van der Waals surface area contributed by atoms with E-state index in [0.717, 1.165) is 24.6 Å². The van der Waals surface area contributed by atoms with Gasteiger partial charge in [-0.15, -0.1) is 0 Å². The van der Waals surface area contributed by atoms with E-state index in [1.807, 2.05) is 6.07 Å². The Kier molecular flexibility index (Phi) is 2.61. The van der Waals surface area contributed by atoms with E-state index in [4.69, 9.17) is 11.0 Å². The molecule has 1 aliphatic rings. The van der Waals surface area contributed by atoms with Crippen molar-refractivity contribution in [2.24, 2.45) is 5.73 Å². The minimum absolute atomic E-state index is 0.248. The summed E-state index contributed by atoms with van der Waals surface area (Å²) in [5.74, 6) is 0.618. The van der Waals surface area contributed by atoms with Gasteiger partial charge in [-0.05, 0) is 6.42 Å². The number of anilines is 1. The molecule has 14 heavy (non-hydrogen) atoms. The summed E-state index contributed by atoms with van der Waals surface area (Å²) in [7, 11) is 0. The van der Waals surface area contributed by atoms with Gasteiger partial charge >= 0.3 is 0 Å². The fourth-order valence-electron chi connectivity index (χ4n) is 1.48. The van der Waals surface area contributed by atoms with Crippen LogP contribution in [0.2, 0.25) is 0 Å². The van der Waals surface area contributed by atoms with Crippen molar-refractivity contribution in [3.8, 4) is 6.07 Å². The van der Waals surface area contributed by atoms with E-state index in [9.17, 15) is 0 Å². The van der Waals surface area contributed by atoms with Gasteiger partial charge in [0.15, 0.2) is 5.82 Å². The SMILES string of the molecule is N#CCc1nsc(N2CCC(N)C2)n1. The molecule has 2 heterocycles. The van der Waals surface area contributed by atoms with Crippen molar-refractivity contribution in [2.75, 3.05) is 18.0 Å². The van der Waals surface area contributed by atoms with Gasteiger partial charge in [-0.3, -0.25) is 0 Å². The molecule has 0 radical (unpaired) electrons. The van der Waals surface area contributed by atoms with E-state index in [2.05, 4.69) is 14.3 Å². The zero-order valence-electron chi connectivity index (χ0n) is 7.68. The summed E-state index contributed by atoms with van der Waals surface area (Å²) in [6.07, 6.45) is 1.30. The van der Waals surface area contributed by atoms with Gasteiger partial charge in [0.25, 0.3) is 0 Å². The van der Waals surface area contributed by atoms with Crippen molar-refractivity contribution >= 4 is 16.7 Å². The second kappa shape index (κ2) is 3.90. The molecule has 0 spiro atoms. The highest BCUT2D eigenvalue weighted by molar-refractivity contribution is 7.09. The van der Waals surface area contributed by atoms with Crippen molar-refractivity contribution in [1.29, 1.82) is 5.26 Å². The molecule has 5 nitrogen and oxygen atoms in total. The molecular weight excluding hydrogens is 198 g/mol. The largest absolute Gasteiger partial charge is 0.345 e. The molecule has 0 aromatic carbocycles. The molecule has 1 aliphatic heterocycles. The second-order valence-electron chi connectivity index (χ2n) is 3.32. The highest BCUT2D eigenvalue weighted by Crippen LogP contribution is 2.21. The number of nitriles is 1. The first-order chi connectivity index (χ1) is 6.79.